The minimum Gasteiger partial charge on any atom is -0.192 e. The van der Waals surface area contributed by atoms with Crippen LogP contribution in [0.3, 0.4) is 0 Å². The molecule has 0 radical (unpaired) electrons. The molecule has 1 aliphatic carbocycles. The van der Waals surface area contributed by atoms with Crippen LogP contribution in [0.25, 0.3) is 0 Å². The highest BCUT2D eigenvalue weighted by Crippen LogP contribution is 2.10. The first-order valence-corrected chi connectivity index (χ1v) is 3.28. The molecule has 0 bridgehead atoms. The van der Waals surface area contributed by atoms with Crippen LogP contribution >= 0.6 is 0 Å². The Kier molecular flexibility index (Phi) is 2.07. The monoisotopic (exact) mass is 131 g/mol. The number of rotatable bonds is 0. The summed E-state index contributed by atoms with van der Waals surface area (Å²) in [5, 5.41) is 8.59. The van der Waals surface area contributed by atoms with Crippen molar-refractivity contribution >= 4 is 0 Å². The SMILES string of the molecule is CC1=C(C#N)C=CCC=C1. The molecule has 0 spiro atoms. The van der Waals surface area contributed by atoms with Crippen LogP contribution in [0.15, 0.2) is 35.5 Å². The van der Waals surface area contributed by atoms with E-state index in [9.17, 15) is 0 Å². The molecular formula is C9H9N. The summed E-state index contributed by atoms with van der Waals surface area (Å²) in [5.74, 6) is 0. The van der Waals surface area contributed by atoms with Crippen molar-refractivity contribution in [2.75, 3.05) is 0 Å². The van der Waals surface area contributed by atoms with Gasteiger partial charge in [-0.05, 0) is 25.0 Å². The third-order valence-electron chi connectivity index (χ3n) is 1.47. The summed E-state index contributed by atoms with van der Waals surface area (Å²) in [7, 11) is 0. The lowest BCUT2D eigenvalue weighted by atomic mass is 10.1. The topological polar surface area (TPSA) is 23.8 Å². The molecule has 1 rings (SSSR count). The Bertz CT molecular complexity index is 248. The lowest BCUT2D eigenvalue weighted by molar-refractivity contribution is 1.40. The Morgan fingerprint density at radius 2 is 2.10 bits per heavy atom. The maximum absolute atomic E-state index is 8.59. The lowest BCUT2D eigenvalue weighted by Crippen LogP contribution is -1.75. The van der Waals surface area contributed by atoms with Crippen LogP contribution in [-0.2, 0) is 0 Å². The van der Waals surface area contributed by atoms with E-state index in [0.29, 0.717) is 0 Å². The zero-order chi connectivity index (χ0) is 7.40. The van der Waals surface area contributed by atoms with Crippen LogP contribution < -0.4 is 0 Å². The van der Waals surface area contributed by atoms with Gasteiger partial charge in [0.05, 0.1) is 11.6 Å². The van der Waals surface area contributed by atoms with Crippen molar-refractivity contribution in [2.24, 2.45) is 0 Å². The van der Waals surface area contributed by atoms with Crippen LogP contribution in [-0.4, -0.2) is 0 Å². The van der Waals surface area contributed by atoms with Gasteiger partial charge in [0.15, 0.2) is 0 Å². The van der Waals surface area contributed by atoms with Gasteiger partial charge in [-0.3, -0.25) is 0 Å². The zero-order valence-electron chi connectivity index (χ0n) is 5.96. The van der Waals surface area contributed by atoms with Crippen LogP contribution in [0.4, 0.5) is 0 Å². The minimum atomic E-state index is 0.772. The van der Waals surface area contributed by atoms with Crippen LogP contribution in [0.5, 0.6) is 0 Å². The van der Waals surface area contributed by atoms with Gasteiger partial charge >= 0.3 is 0 Å². The van der Waals surface area contributed by atoms with Gasteiger partial charge in [0, 0.05) is 0 Å². The number of hydrogen-bond donors (Lipinski definition) is 0. The summed E-state index contributed by atoms with van der Waals surface area (Å²) in [6, 6.07) is 2.14. The van der Waals surface area contributed by atoms with Crippen molar-refractivity contribution in [3.63, 3.8) is 0 Å². The van der Waals surface area contributed by atoms with E-state index >= 15 is 0 Å². The molecule has 0 aromatic heterocycles. The predicted octanol–water partition coefficient (Wildman–Crippen LogP) is 2.34. The van der Waals surface area contributed by atoms with E-state index in [2.05, 4.69) is 12.1 Å². The highest BCUT2D eigenvalue weighted by molar-refractivity contribution is 5.43. The molecule has 0 unspecified atom stereocenters. The molecule has 0 aromatic rings. The molecule has 1 aliphatic rings. The third-order valence-corrected chi connectivity index (χ3v) is 1.47. The Labute approximate surface area is 61.0 Å². The number of hydrogen-bond acceptors (Lipinski definition) is 1. The highest BCUT2D eigenvalue weighted by atomic mass is 14.2. The Morgan fingerprint density at radius 3 is 2.80 bits per heavy atom. The molecule has 50 valence electrons. The van der Waals surface area contributed by atoms with E-state index < -0.39 is 0 Å². The normalized spacial score (nSPS) is 16.8. The van der Waals surface area contributed by atoms with Gasteiger partial charge in [0.25, 0.3) is 0 Å². The van der Waals surface area contributed by atoms with Crippen molar-refractivity contribution in [1.82, 2.24) is 0 Å². The summed E-state index contributed by atoms with van der Waals surface area (Å²) >= 11 is 0. The van der Waals surface area contributed by atoms with Crippen molar-refractivity contribution in [2.45, 2.75) is 13.3 Å². The van der Waals surface area contributed by atoms with Crippen molar-refractivity contribution < 1.29 is 0 Å². The highest BCUT2D eigenvalue weighted by Gasteiger charge is 1.95. The standard InChI is InChI=1S/C9H9N/c1-8-5-3-2-4-6-9(8)7-10/h3-6H,2H2,1H3. The molecule has 0 heterocycles. The van der Waals surface area contributed by atoms with Gasteiger partial charge < -0.3 is 0 Å². The number of allylic oxidation sites excluding steroid dienone is 6. The molecule has 10 heavy (non-hydrogen) atoms. The van der Waals surface area contributed by atoms with Crippen LogP contribution in [0.2, 0.25) is 0 Å². The van der Waals surface area contributed by atoms with Gasteiger partial charge in [0.1, 0.15) is 0 Å². The third kappa shape index (κ3) is 1.35. The molecule has 0 aromatic carbocycles. The van der Waals surface area contributed by atoms with Crippen molar-refractivity contribution in [3.05, 3.63) is 35.5 Å². The van der Waals surface area contributed by atoms with Crippen LogP contribution in [0.1, 0.15) is 13.3 Å². The Morgan fingerprint density at radius 1 is 1.40 bits per heavy atom. The van der Waals surface area contributed by atoms with Gasteiger partial charge in [-0.25, -0.2) is 0 Å². The second-order valence-electron chi connectivity index (χ2n) is 2.25. The average Bonchev–Trinajstić information content (AvgIpc) is 2.13. The number of nitriles is 1. The summed E-state index contributed by atoms with van der Waals surface area (Å²) in [5.41, 5.74) is 1.82. The fraction of sp³-hybridized carbons (Fsp3) is 0.222. The maximum atomic E-state index is 8.59. The Balaban J connectivity index is 3.02. The van der Waals surface area contributed by atoms with Crippen molar-refractivity contribution in [1.29, 1.82) is 5.26 Å². The summed E-state index contributed by atoms with van der Waals surface area (Å²) in [6.07, 6.45) is 8.83. The number of nitrogens with zero attached hydrogens (tertiary/aromatic N) is 1. The van der Waals surface area contributed by atoms with E-state index in [-0.39, 0.29) is 0 Å². The zero-order valence-corrected chi connectivity index (χ0v) is 5.96. The summed E-state index contributed by atoms with van der Waals surface area (Å²) < 4.78 is 0. The van der Waals surface area contributed by atoms with Crippen molar-refractivity contribution in [3.8, 4) is 6.07 Å². The first kappa shape index (κ1) is 6.82. The smallest absolute Gasteiger partial charge is 0.0994 e. The average molecular weight is 131 g/mol. The van der Waals surface area contributed by atoms with E-state index in [1.54, 1.807) is 0 Å². The van der Waals surface area contributed by atoms with E-state index in [1.807, 2.05) is 25.2 Å². The molecule has 1 heteroatoms. The Hall–Kier alpha value is -1.29. The minimum absolute atomic E-state index is 0.772. The molecule has 0 aliphatic heterocycles. The molecule has 0 N–H and O–H groups in total. The fourth-order valence-corrected chi connectivity index (χ4v) is 0.856. The molecule has 0 fully saturated rings. The molecule has 0 amide bonds. The van der Waals surface area contributed by atoms with Crippen LogP contribution in [0, 0.1) is 11.3 Å². The van der Waals surface area contributed by atoms with E-state index in [4.69, 9.17) is 5.26 Å². The van der Waals surface area contributed by atoms with Gasteiger partial charge in [-0.2, -0.15) is 5.26 Å². The first-order valence-electron chi connectivity index (χ1n) is 3.28. The van der Waals surface area contributed by atoms with Gasteiger partial charge in [0.2, 0.25) is 0 Å². The van der Waals surface area contributed by atoms with Gasteiger partial charge in [-0.15, -0.1) is 0 Å². The lowest BCUT2D eigenvalue weighted by Gasteiger charge is -1.89. The fourth-order valence-electron chi connectivity index (χ4n) is 0.856. The van der Waals surface area contributed by atoms with E-state index in [0.717, 1.165) is 17.6 Å². The molecule has 0 atom stereocenters. The summed E-state index contributed by atoms with van der Waals surface area (Å²) in [6.45, 7) is 1.95. The second kappa shape index (κ2) is 3.03. The first-order chi connectivity index (χ1) is 4.84. The molecule has 0 saturated heterocycles. The summed E-state index contributed by atoms with van der Waals surface area (Å²) in [4.78, 5) is 0. The molecule has 0 saturated carbocycles. The molecule has 1 nitrogen and oxygen atoms in total. The predicted molar refractivity (Wildman–Crippen MR) is 41.2 cm³/mol. The van der Waals surface area contributed by atoms with Gasteiger partial charge in [-0.1, -0.05) is 18.2 Å². The largest absolute Gasteiger partial charge is 0.192 e. The quantitative estimate of drug-likeness (QED) is 0.495. The maximum Gasteiger partial charge on any atom is 0.0994 e. The van der Waals surface area contributed by atoms with E-state index in [1.165, 1.54) is 0 Å². The second-order valence-corrected chi connectivity index (χ2v) is 2.25. The molecular weight excluding hydrogens is 122 g/mol.